The number of fused-ring (bicyclic) bond motifs is 1. The van der Waals surface area contributed by atoms with Crippen molar-refractivity contribution in [2.24, 2.45) is 5.92 Å². The molecule has 6 heteroatoms. The van der Waals surface area contributed by atoms with Gasteiger partial charge in [-0.25, -0.2) is 19.3 Å². The topological polar surface area (TPSA) is 75.1 Å². The fourth-order valence-electron chi connectivity index (χ4n) is 2.68. The van der Waals surface area contributed by atoms with Crippen LogP contribution in [0.4, 0.5) is 0 Å². The molecule has 2 unspecified atom stereocenters. The molecular formula is C14H23N5O. The highest BCUT2D eigenvalue weighted by Gasteiger charge is 2.24. The third kappa shape index (κ3) is 2.90. The van der Waals surface area contributed by atoms with Crippen LogP contribution in [-0.4, -0.2) is 32.2 Å². The first kappa shape index (κ1) is 14.7. The van der Waals surface area contributed by atoms with Gasteiger partial charge in [0.25, 0.3) is 0 Å². The van der Waals surface area contributed by atoms with Crippen molar-refractivity contribution in [1.29, 1.82) is 0 Å². The van der Waals surface area contributed by atoms with Crippen LogP contribution in [0.15, 0.2) is 17.2 Å². The summed E-state index contributed by atoms with van der Waals surface area (Å²) in [4.78, 5) is 15.9. The maximum atomic E-state index is 11.5. The number of hydrogen-bond donors (Lipinski definition) is 2. The summed E-state index contributed by atoms with van der Waals surface area (Å²) in [6, 6.07) is 2.22. The van der Waals surface area contributed by atoms with Gasteiger partial charge in [-0.15, -0.1) is 0 Å². The lowest BCUT2D eigenvalue weighted by Crippen LogP contribution is -2.35. The van der Waals surface area contributed by atoms with Gasteiger partial charge in [0.15, 0.2) is 5.65 Å². The van der Waals surface area contributed by atoms with Gasteiger partial charge in [-0.05, 0) is 25.8 Å². The molecule has 0 saturated carbocycles. The van der Waals surface area contributed by atoms with Gasteiger partial charge >= 0.3 is 5.69 Å². The molecule has 0 aromatic carbocycles. The van der Waals surface area contributed by atoms with E-state index in [1.807, 2.05) is 6.07 Å². The minimum Gasteiger partial charge on any atom is -0.314 e. The first-order valence-electron chi connectivity index (χ1n) is 7.20. The summed E-state index contributed by atoms with van der Waals surface area (Å²) in [5.41, 5.74) is 1.34. The summed E-state index contributed by atoms with van der Waals surface area (Å²) in [6.07, 6.45) is 2.66. The zero-order chi connectivity index (χ0) is 14.7. The van der Waals surface area contributed by atoms with Crippen molar-refractivity contribution in [2.75, 3.05) is 6.54 Å². The molecule has 2 atom stereocenters. The second-order valence-electron chi connectivity index (χ2n) is 5.58. The summed E-state index contributed by atoms with van der Waals surface area (Å²) in [6.45, 7) is 9.72. The Bertz CT molecular complexity index is 615. The molecule has 20 heavy (non-hydrogen) atoms. The Morgan fingerprint density at radius 1 is 1.40 bits per heavy atom. The van der Waals surface area contributed by atoms with Gasteiger partial charge in [-0.1, -0.05) is 20.8 Å². The molecule has 0 saturated heterocycles. The molecule has 0 radical (unpaired) electrons. The average molecular weight is 277 g/mol. The zero-order valence-electron chi connectivity index (χ0n) is 12.6. The predicted molar refractivity (Wildman–Crippen MR) is 78.9 cm³/mol. The fourth-order valence-corrected chi connectivity index (χ4v) is 2.68. The molecule has 2 rings (SSSR count). The van der Waals surface area contributed by atoms with E-state index in [1.165, 1.54) is 4.40 Å². The highest BCUT2D eigenvalue weighted by atomic mass is 16.1. The monoisotopic (exact) mass is 277 g/mol. The standard InChI is InChI=1S/C14H23N5O/c1-5-6-15-10(4)13(9(2)3)11-7-12-17-18-14(20)19(12)8-16-11/h7-10,13,15H,5-6H2,1-4H3,(H,18,20). The zero-order valence-corrected chi connectivity index (χ0v) is 12.6. The first-order valence-corrected chi connectivity index (χ1v) is 7.20. The highest BCUT2D eigenvalue weighted by molar-refractivity contribution is 5.38. The van der Waals surface area contributed by atoms with E-state index in [0.29, 0.717) is 23.5 Å². The normalized spacial score (nSPS) is 14.8. The van der Waals surface area contributed by atoms with Gasteiger partial charge in [-0.3, -0.25) is 0 Å². The Labute approximate surface area is 118 Å². The summed E-state index contributed by atoms with van der Waals surface area (Å²) in [5.74, 6) is 0.744. The van der Waals surface area contributed by atoms with Crippen molar-refractivity contribution in [3.05, 3.63) is 28.6 Å². The van der Waals surface area contributed by atoms with Crippen LogP contribution in [0.2, 0.25) is 0 Å². The van der Waals surface area contributed by atoms with Crippen molar-refractivity contribution in [2.45, 2.75) is 46.1 Å². The molecular weight excluding hydrogens is 254 g/mol. The van der Waals surface area contributed by atoms with Crippen molar-refractivity contribution in [3.8, 4) is 0 Å². The number of nitrogens with one attached hydrogen (secondary N) is 2. The molecule has 2 aromatic heterocycles. The Kier molecular flexibility index (Phi) is 4.54. The summed E-state index contributed by atoms with van der Waals surface area (Å²) >= 11 is 0. The number of H-pyrrole nitrogens is 1. The van der Waals surface area contributed by atoms with Gasteiger partial charge in [0.05, 0.1) is 5.69 Å². The van der Waals surface area contributed by atoms with Crippen LogP contribution < -0.4 is 11.0 Å². The van der Waals surface area contributed by atoms with Crippen molar-refractivity contribution >= 4 is 5.65 Å². The van der Waals surface area contributed by atoms with Gasteiger partial charge < -0.3 is 5.32 Å². The molecule has 110 valence electrons. The Morgan fingerprint density at radius 2 is 2.15 bits per heavy atom. The average Bonchev–Trinajstić information content (AvgIpc) is 2.77. The van der Waals surface area contributed by atoms with Gasteiger partial charge in [0.2, 0.25) is 0 Å². The molecule has 2 aromatic rings. The quantitative estimate of drug-likeness (QED) is 0.840. The molecule has 2 heterocycles. The van der Waals surface area contributed by atoms with E-state index in [2.05, 4.69) is 48.2 Å². The summed E-state index contributed by atoms with van der Waals surface area (Å²) in [5, 5.41) is 9.97. The van der Waals surface area contributed by atoms with E-state index in [4.69, 9.17) is 0 Å². The van der Waals surface area contributed by atoms with E-state index < -0.39 is 0 Å². The van der Waals surface area contributed by atoms with Gasteiger partial charge in [0.1, 0.15) is 6.33 Å². The third-order valence-electron chi connectivity index (χ3n) is 3.65. The van der Waals surface area contributed by atoms with E-state index in [9.17, 15) is 4.79 Å². The number of aromatic nitrogens is 4. The van der Waals surface area contributed by atoms with E-state index in [0.717, 1.165) is 18.7 Å². The lowest BCUT2D eigenvalue weighted by atomic mass is 9.86. The van der Waals surface area contributed by atoms with Crippen LogP contribution in [-0.2, 0) is 0 Å². The minimum atomic E-state index is -0.252. The second-order valence-corrected chi connectivity index (χ2v) is 5.58. The molecule has 0 fully saturated rings. The Morgan fingerprint density at radius 3 is 2.80 bits per heavy atom. The van der Waals surface area contributed by atoms with Gasteiger partial charge in [0, 0.05) is 18.0 Å². The lowest BCUT2D eigenvalue weighted by Gasteiger charge is -2.27. The lowest BCUT2D eigenvalue weighted by molar-refractivity contribution is 0.371. The Hall–Kier alpha value is -1.69. The molecule has 0 aliphatic carbocycles. The van der Waals surface area contributed by atoms with Crippen LogP contribution >= 0.6 is 0 Å². The van der Waals surface area contributed by atoms with Gasteiger partial charge in [-0.2, -0.15) is 5.10 Å². The number of aromatic amines is 1. The largest absolute Gasteiger partial charge is 0.348 e. The summed E-state index contributed by atoms with van der Waals surface area (Å²) in [7, 11) is 0. The van der Waals surface area contributed by atoms with Crippen LogP contribution in [0.25, 0.3) is 5.65 Å². The molecule has 0 amide bonds. The van der Waals surface area contributed by atoms with Crippen LogP contribution in [0.1, 0.15) is 45.7 Å². The van der Waals surface area contributed by atoms with Crippen molar-refractivity contribution in [1.82, 2.24) is 24.9 Å². The number of hydrogen-bond acceptors (Lipinski definition) is 4. The third-order valence-corrected chi connectivity index (χ3v) is 3.65. The summed E-state index contributed by atoms with van der Waals surface area (Å²) < 4.78 is 1.42. The number of rotatable bonds is 6. The molecule has 0 spiro atoms. The van der Waals surface area contributed by atoms with E-state index >= 15 is 0 Å². The molecule has 2 N–H and O–H groups in total. The smallest absolute Gasteiger partial charge is 0.314 e. The van der Waals surface area contributed by atoms with Crippen LogP contribution in [0.5, 0.6) is 0 Å². The molecule has 6 nitrogen and oxygen atoms in total. The van der Waals surface area contributed by atoms with Crippen molar-refractivity contribution < 1.29 is 0 Å². The maximum absolute atomic E-state index is 11.5. The molecule has 0 aliphatic heterocycles. The second kappa shape index (κ2) is 6.17. The first-order chi connectivity index (χ1) is 9.54. The molecule has 0 aliphatic rings. The predicted octanol–water partition coefficient (Wildman–Crippen LogP) is 1.55. The van der Waals surface area contributed by atoms with Crippen molar-refractivity contribution in [3.63, 3.8) is 0 Å². The SMILES string of the molecule is CCCNC(C)C(c1cc2n[nH]c(=O)n2cn1)C(C)C. The highest BCUT2D eigenvalue weighted by Crippen LogP contribution is 2.26. The number of nitrogens with zero attached hydrogens (tertiary/aromatic N) is 3. The molecule has 0 bridgehead atoms. The fraction of sp³-hybridized carbons (Fsp3) is 0.643. The Balaban J connectivity index is 2.33. The minimum absolute atomic E-state index is 0.252. The van der Waals surface area contributed by atoms with E-state index in [1.54, 1.807) is 6.33 Å². The van der Waals surface area contributed by atoms with Crippen LogP contribution in [0, 0.1) is 5.92 Å². The maximum Gasteiger partial charge on any atom is 0.348 e. The van der Waals surface area contributed by atoms with E-state index in [-0.39, 0.29) is 5.69 Å². The van der Waals surface area contributed by atoms with Crippen LogP contribution in [0.3, 0.4) is 0 Å².